The molecule has 1 aliphatic heterocycles. The standard InChI is InChI=1S/C13H16OS/c1-10(14)11-4-2-5-12(8-11)13-6-3-7-15-9-13/h2,4-5,8,13H,3,6-7,9H2,1H3. The van der Waals surface area contributed by atoms with Crippen molar-refractivity contribution < 1.29 is 4.79 Å². The topological polar surface area (TPSA) is 17.1 Å². The van der Waals surface area contributed by atoms with Crippen LogP contribution in [0.5, 0.6) is 0 Å². The van der Waals surface area contributed by atoms with E-state index in [1.165, 1.54) is 29.9 Å². The summed E-state index contributed by atoms with van der Waals surface area (Å²) in [7, 11) is 0. The summed E-state index contributed by atoms with van der Waals surface area (Å²) in [5, 5.41) is 0. The van der Waals surface area contributed by atoms with Crippen LogP contribution >= 0.6 is 11.8 Å². The highest BCUT2D eigenvalue weighted by Gasteiger charge is 2.16. The Bertz CT molecular complexity index is 353. The lowest BCUT2D eigenvalue weighted by Crippen LogP contribution is -2.09. The van der Waals surface area contributed by atoms with Gasteiger partial charge >= 0.3 is 0 Å². The average Bonchev–Trinajstić information content (AvgIpc) is 2.30. The molecule has 1 nitrogen and oxygen atoms in total. The Hall–Kier alpha value is -0.760. The molecule has 80 valence electrons. The molecule has 0 aromatic heterocycles. The molecule has 1 heterocycles. The van der Waals surface area contributed by atoms with E-state index in [1.807, 2.05) is 23.9 Å². The van der Waals surface area contributed by atoms with Crippen molar-refractivity contribution in [2.24, 2.45) is 0 Å². The lowest BCUT2D eigenvalue weighted by atomic mass is 9.94. The highest BCUT2D eigenvalue weighted by molar-refractivity contribution is 7.99. The Morgan fingerprint density at radius 3 is 3.00 bits per heavy atom. The molecule has 2 heteroatoms. The lowest BCUT2D eigenvalue weighted by molar-refractivity contribution is 0.101. The molecule has 1 aromatic rings. The van der Waals surface area contributed by atoms with Crippen LogP contribution in [0.25, 0.3) is 0 Å². The molecule has 1 atom stereocenters. The first-order valence-electron chi connectivity index (χ1n) is 5.46. The van der Waals surface area contributed by atoms with Gasteiger partial charge in [0.05, 0.1) is 0 Å². The third kappa shape index (κ3) is 2.63. The number of Topliss-reactive ketones (excluding diaryl/α,β-unsaturated/α-hetero) is 1. The summed E-state index contributed by atoms with van der Waals surface area (Å²) < 4.78 is 0. The van der Waals surface area contributed by atoms with Crippen molar-refractivity contribution >= 4 is 17.5 Å². The van der Waals surface area contributed by atoms with Gasteiger partial charge in [0.15, 0.2) is 5.78 Å². The molecule has 1 aliphatic rings. The minimum absolute atomic E-state index is 0.167. The number of ketones is 1. The summed E-state index contributed by atoms with van der Waals surface area (Å²) in [5.41, 5.74) is 2.19. The largest absolute Gasteiger partial charge is 0.295 e. The van der Waals surface area contributed by atoms with E-state index in [0.717, 1.165) is 5.56 Å². The molecule has 0 saturated carbocycles. The Labute approximate surface area is 95.3 Å². The molecule has 0 radical (unpaired) electrons. The van der Waals surface area contributed by atoms with Crippen molar-refractivity contribution in [3.8, 4) is 0 Å². The molecular weight excluding hydrogens is 204 g/mol. The molecule has 0 amide bonds. The monoisotopic (exact) mass is 220 g/mol. The molecule has 0 spiro atoms. The van der Waals surface area contributed by atoms with E-state index >= 15 is 0 Å². The molecule has 0 N–H and O–H groups in total. The second kappa shape index (κ2) is 4.84. The van der Waals surface area contributed by atoms with Gasteiger partial charge < -0.3 is 0 Å². The normalized spacial score (nSPS) is 21.3. The van der Waals surface area contributed by atoms with Crippen molar-refractivity contribution in [1.29, 1.82) is 0 Å². The van der Waals surface area contributed by atoms with Gasteiger partial charge in [-0.05, 0) is 43.1 Å². The predicted octanol–water partition coefficient (Wildman–Crippen LogP) is 3.50. The van der Waals surface area contributed by atoms with Crippen LogP contribution in [0.4, 0.5) is 0 Å². The van der Waals surface area contributed by atoms with Gasteiger partial charge in [0, 0.05) is 11.3 Å². The van der Waals surface area contributed by atoms with Crippen molar-refractivity contribution in [1.82, 2.24) is 0 Å². The zero-order chi connectivity index (χ0) is 10.7. The van der Waals surface area contributed by atoms with E-state index in [0.29, 0.717) is 5.92 Å². The third-order valence-corrected chi connectivity index (χ3v) is 4.14. The Kier molecular flexibility index (Phi) is 3.47. The van der Waals surface area contributed by atoms with Gasteiger partial charge in [-0.3, -0.25) is 4.79 Å². The fourth-order valence-corrected chi connectivity index (χ4v) is 3.20. The van der Waals surface area contributed by atoms with Crippen LogP contribution < -0.4 is 0 Å². The van der Waals surface area contributed by atoms with Crippen LogP contribution in [0.15, 0.2) is 24.3 Å². The van der Waals surface area contributed by atoms with E-state index in [2.05, 4.69) is 12.1 Å². The van der Waals surface area contributed by atoms with Gasteiger partial charge in [-0.15, -0.1) is 0 Å². The first kappa shape index (κ1) is 10.7. The van der Waals surface area contributed by atoms with Crippen molar-refractivity contribution in [2.45, 2.75) is 25.7 Å². The van der Waals surface area contributed by atoms with Crippen LogP contribution in [0.1, 0.15) is 41.6 Å². The zero-order valence-corrected chi connectivity index (χ0v) is 9.85. The van der Waals surface area contributed by atoms with Gasteiger partial charge in [0.25, 0.3) is 0 Å². The molecule has 1 saturated heterocycles. The fourth-order valence-electron chi connectivity index (χ4n) is 2.02. The summed E-state index contributed by atoms with van der Waals surface area (Å²) in [5.74, 6) is 3.33. The minimum Gasteiger partial charge on any atom is -0.295 e. The van der Waals surface area contributed by atoms with Crippen LogP contribution in [-0.4, -0.2) is 17.3 Å². The number of rotatable bonds is 2. The first-order valence-corrected chi connectivity index (χ1v) is 6.61. The summed E-state index contributed by atoms with van der Waals surface area (Å²) in [6, 6.07) is 8.13. The highest BCUT2D eigenvalue weighted by Crippen LogP contribution is 2.31. The SMILES string of the molecule is CC(=O)c1cccc(C2CCCSC2)c1. The minimum atomic E-state index is 0.167. The van der Waals surface area contributed by atoms with Crippen molar-refractivity contribution in [2.75, 3.05) is 11.5 Å². The maximum absolute atomic E-state index is 11.3. The van der Waals surface area contributed by atoms with Gasteiger partial charge in [-0.25, -0.2) is 0 Å². The number of hydrogen-bond acceptors (Lipinski definition) is 2. The quantitative estimate of drug-likeness (QED) is 0.710. The Balaban J connectivity index is 2.19. The molecule has 1 aromatic carbocycles. The second-order valence-corrected chi connectivity index (χ2v) is 5.25. The van der Waals surface area contributed by atoms with Gasteiger partial charge in [0.1, 0.15) is 0 Å². The Morgan fingerprint density at radius 2 is 2.33 bits per heavy atom. The molecule has 2 rings (SSSR count). The second-order valence-electron chi connectivity index (χ2n) is 4.10. The molecule has 1 fully saturated rings. The summed E-state index contributed by atoms with van der Waals surface area (Å²) in [6.07, 6.45) is 2.58. The van der Waals surface area contributed by atoms with E-state index in [1.54, 1.807) is 6.92 Å². The zero-order valence-electron chi connectivity index (χ0n) is 9.03. The molecule has 15 heavy (non-hydrogen) atoms. The first-order chi connectivity index (χ1) is 7.27. The average molecular weight is 220 g/mol. The van der Waals surface area contributed by atoms with Crippen molar-refractivity contribution in [3.05, 3.63) is 35.4 Å². The van der Waals surface area contributed by atoms with Crippen LogP contribution in [0.2, 0.25) is 0 Å². The van der Waals surface area contributed by atoms with Crippen LogP contribution in [0.3, 0.4) is 0 Å². The summed E-state index contributed by atoms with van der Waals surface area (Å²) >= 11 is 2.03. The highest BCUT2D eigenvalue weighted by atomic mass is 32.2. The molecule has 0 aliphatic carbocycles. The third-order valence-electron chi connectivity index (χ3n) is 2.92. The predicted molar refractivity (Wildman–Crippen MR) is 65.7 cm³/mol. The van der Waals surface area contributed by atoms with Crippen LogP contribution in [0, 0.1) is 0 Å². The van der Waals surface area contributed by atoms with E-state index in [9.17, 15) is 4.79 Å². The number of carbonyl (C=O) groups is 1. The van der Waals surface area contributed by atoms with Gasteiger partial charge in [-0.2, -0.15) is 11.8 Å². The van der Waals surface area contributed by atoms with Gasteiger partial charge in [0.2, 0.25) is 0 Å². The van der Waals surface area contributed by atoms with Gasteiger partial charge in [-0.1, -0.05) is 18.2 Å². The number of benzene rings is 1. The van der Waals surface area contributed by atoms with E-state index < -0.39 is 0 Å². The molecular formula is C13H16OS. The van der Waals surface area contributed by atoms with E-state index in [-0.39, 0.29) is 5.78 Å². The summed E-state index contributed by atoms with van der Waals surface area (Å²) in [6.45, 7) is 1.63. The maximum Gasteiger partial charge on any atom is 0.159 e. The number of carbonyl (C=O) groups excluding carboxylic acids is 1. The Morgan fingerprint density at radius 1 is 1.47 bits per heavy atom. The maximum atomic E-state index is 11.3. The van der Waals surface area contributed by atoms with Crippen LogP contribution in [-0.2, 0) is 0 Å². The fraction of sp³-hybridized carbons (Fsp3) is 0.462. The van der Waals surface area contributed by atoms with E-state index in [4.69, 9.17) is 0 Å². The molecule has 1 unspecified atom stereocenters. The number of thioether (sulfide) groups is 1. The lowest BCUT2D eigenvalue weighted by Gasteiger charge is -2.21. The molecule has 0 bridgehead atoms. The van der Waals surface area contributed by atoms with Crippen molar-refractivity contribution in [3.63, 3.8) is 0 Å². The summed E-state index contributed by atoms with van der Waals surface area (Å²) in [4.78, 5) is 11.3. The smallest absolute Gasteiger partial charge is 0.159 e. The number of hydrogen-bond donors (Lipinski definition) is 0.